The van der Waals surface area contributed by atoms with E-state index in [0.717, 1.165) is 5.56 Å². The first kappa shape index (κ1) is 13.7. The minimum Gasteiger partial charge on any atom is -0.398 e. The molecule has 0 heterocycles. The van der Waals surface area contributed by atoms with Crippen molar-refractivity contribution in [1.29, 1.82) is 0 Å². The van der Waals surface area contributed by atoms with Crippen LogP contribution < -0.4 is 11.1 Å². The highest BCUT2D eigenvalue weighted by Crippen LogP contribution is 2.10. The quantitative estimate of drug-likeness (QED) is 0.760. The molecule has 0 aromatic heterocycles. The number of nitrogen functional groups attached to an aromatic ring is 1. The second-order valence-corrected chi connectivity index (χ2v) is 5.79. The minimum atomic E-state index is -0.917. The maximum Gasteiger partial charge on any atom is 0.224 e. The summed E-state index contributed by atoms with van der Waals surface area (Å²) in [6.07, 6.45) is 1.89. The van der Waals surface area contributed by atoms with Crippen LogP contribution in [0, 0.1) is 0 Å². The van der Waals surface area contributed by atoms with E-state index in [1.807, 2.05) is 25.1 Å². The van der Waals surface area contributed by atoms with Gasteiger partial charge in [0.1, 0.15) is 0 Å². The van der Waals surface area contributed by atoms with Crippen molar-refractivity contribution in [3.8, 4) is 0 Å². The number of nitrogens with two attached hydrogens (primary N) is 1. The topological polar surface area (TPSA) is 72.2 Å². The van der Waals surface area contributed by atoms with E-state index < -0.39 is 10.8 Å². The lowest BCUT2D eigenvalue weighted by Gasteiger charge is -2.10. The first-order valence-corrected chi connectivity index (χ1v) is 7.05. The standard InChI is InChI=1S/C12H18N2O2S/c1-9(17(2)16)8-14-12(15)7-10-5-3-4-6-11(10)13/h3-6,9H,7-8,13H2,1-2H3,(H,14,15). The van der Waals surface area contributed by atoms with Gasteiger partial charge in [0.2, 0.25) is 5.91 Å². The van der Waals surface area contributed by atoms with Crippen LogP contribution in [0.25, 0.3) is 0 Å². The van der Waals surface area contributed by atoms with Crippen molar-refractivity contribution in [2.75, 3.05) is 18.5 Å². The van der Waals surface area contributed by atoms with Gasteiger partial charge in [-0.25, -0.2) is 0 Å². The van der Waals surface area contributed by atoms with Crippen LogP contribution in [0.3, 0.4) is 0 Å². The fourth-order valence-electron chi connectivity index (χ4n) is 1.31. The van der Waals surface area contributed by atoms with Gasteiger partial charge in [-0.3, -0.25) is 9.00 Å². The Morgan fingerprint density at radius 1 is 1.47 bits per heavy atom. The number of anilines is 1. The van der Waals surface area contributed by atoms with Gasteiger partial charge < -0.3 is 11.1 Å². The van der Waals surface area contributed by atoms with Crippen LogP contribution in [0.1, 0.15) is 12.5 Å². The molecule has 0 aliphatic heterocycles. The van der Waals surface area contributed by atoms with Crippen LogP contribution in [0.15, 0.2) is 24.3 Å². The molecule has 3 N–H and O–H groups in total. The van der Waals surface area contributed by atoms with Crippen LogP contribution >= 0.6 is 0 Å². The zero-order chi connectivity index (χ0) is 12.8. The third-order valence-corrected chi connectivity index (χ3v) is 3.86. The molecule has 17 heavy (non-hydrogen) atoms. The van der Waals surface area contributed by atoms with E-state index in [-0.39, 0.29) is 17.6 Å². The molecule has 94 valence electrons. The number of nitrogens with one attached hydrogen (secondary N) is 1. The van der Waals surface area contributed by atoms with Crippen molar-refractivity contribution in [2.45, 2.75) is 18.6 Å². The summed E-state index contributed by atoms with van der Waals surface area (Å²) in [5, 5.41) is 2.72. The Morgan fingerprint density at radius 2 is 2.12 bits per heavy atom. The molecule has 1 rings (SSSR count). The third-order valence-electron chi connectivity index (χ3n) is 2.56. The Balaban J connectivity index is 2.46. The van der Waals surface area contributed by atoms with E-state index in [2.05, 4.69) is 5.32 Å². The Hall–Kier alpha value is -1.36. The van der Waals surface area contributed by atoms with Crippen molar-refractivity contribution in [1.82, 2.24) is 5.32 Å². The van der Waals surface area contributed by atoms with E-state index in [9.17, 15) is 9.00 Å². The molecule has 0 aliphatic carbocycles. The molecule has 0 bridgehead atoms. The number of amides is 1. The Labute approximate surface area is 104 Å². The van der Waals surface area contributed by atoms with Gasteiger partial charge in [-0.1, -0.05) is 18.2 Å². The molecule has 1 aromatic carbocycles. The van der Waals surface area contributed by atoms with Crippen molar-refractivity contribution in [3.63, 3.8) is 0 Å². The molecule has 0 radical (unpaired) electrons. The summed E-state index contributed by atoms with van der Waals surface area (Å²) in [7, 11) is -0.917. The van der Waals surface area contributed by atoms with Gasteiger partial charge in [-0.15, -0.1) is 0 Å². The lowest BCUT2D eigenvalue weighted by Crippen LogP contribution is -2.33. The number of carbonyl (C=O) groups is 1. The third kappa shape index (κ3) is 4.56. The summed E-state index contributed by atoms with van der Waals surface area (Å²) >= 11 is 0. The van der Waals surface area contributed by atoms with E-state index >= 15 is 0 Å². The maximum atomic E-state index is 11.6. The molecule has 0 fully saturated rings. The molecule has 0 spiro atoms. The lowest BCUT2D eigenvalue weighted by molar-refractivity contribution is -0.120. The van der Waals surface area contributed by atoms with Crippen LogP contribution in [0.4, 0.5) is 5.69 Å². The zero-order valence-corrected chi connectivity index (χ0v) is 10.9. The monoisotopic (exact) mass is 254 g/mol. The summed E-state index contributed by atoms with van der Waals surface area (Å²) in [6, 6.07) is 7.28. The first-order valence-electron chi connectivity index (χ1n) is 5.43. The van der Waals surface area contributed by atoms with Crippen molar-refractivity contribution < 1.29 is 9.00 Å². The van der Waals surface area contributed by atoms with Crippen LogP contribution in [-0.4, -0.2) is 28.2 Å². The number of benzene rings is 1. The largest absolute Gasteiger partial charge is 0.398 e. The Bertz CT molecular complexity index is 421. The summed E-state index contributed by atoms with van der Waals surface area (Å²) < 4.78 is 11.1. The number of carbonyl (C=O) groups excluding carboxylic acids is 1. The number of para-hydroxylation sites is 1. The van der Waals surface area contributed by atoms with Crippen LogP contribution in [0.5, 0.6) is 0 Å². The first-order chi connectivity index (χ1) is 8.00. The SMILES string of the molecule is CC(CNC(=O)Cc1ccccc1N)S(C)=O. The van der Waals surface area contributed by atoms with E-state index in [4.69, 9.17) is 5.73 Å². The molecule has 1 aromatic rings. The Morgan fingerprint density at radius 3 is 2.71 bits per heavy atom. The second kappa shape index (κ2) is 6.39. The number of hydrogen-bond donors (Lipinski definition) is 2. The average molecular weight is 254 g/mol. The molecule has 0 aliphatic rings. The van der Waals surface area contributed by atoms with E-state index in [1.165, 1.54) is 0 Å². The predicted octanol–water partition coefficient (Wildman–Crippen LogP) is 0.694. The highest BCUT2D eigenvalue weighted by atomic mass is 32.2. The maximum absolute atomic E-state index is 11.6. The zero-order valence-electron chi connectivity index (χ0n) is 10.1. The molecule has 0 saturated heterocycles. The van der Waals surface area contributed by atoms with Gasteiger partial charge in [-0.05, 0) is 18.6 Å². The highest BCUT2D eigenvalue weighted by molar-refractivity contribution is 7.84. The van der Waals surface area contributed by atoms with Crippen LogP contribution in [-0.2, 0) is 22.0 Å². The fraction of sp³-hybridized carbons (Fsp3) is 0.417. The summed E-state index contributed by atoms with van der Waals surface area (Å²) in [5.74, 6) is -0.0970. The molecule has 2 unspecified atom stereocenters. The molecule has 4 nitrogen and oxygen atoms in total. The van der Waals surface area contributed by atoms with Crippen molar-refractivity contribution in [3.05, 3.63) is 29.8 Å². The van der Waals surface area contributed by atoms with Crippen molar-refractivity contribution in [2.24, 2.45) is 0 Å². The number of rotatable bonds is 5. The molecular formula is C12H18N2O2S. The molecular weight excluding hydrogens is 236 g/mol. The molecule has 0 saturated carbocycles. The molecule has 5 heteroatoms. The van der Waals surface area contributed by atoms with Gasteiger partial charge in [0.15, 0.2) is 0 Å². The normalized spacial score (nSPS) is 14.0. The summed E-state index contributed by atoms with van der Waals surface area (Å²) in [4.78, 5) is 11.6. The average Bonchev–Trinajstić information content (AvgIpc) is 2.29. The van der Waals surface area contributed by atoms with E-state index in [1.54, 1.807) is 12.3 Å². The fourth-order valence-corrected chi connectivity index (χ4v) is 1.62. The van der Waals surface area contributed by atoms with E-state index in [0.29, 0.717) is 12.2 Å². The summed E-state index contributed by atoms with van der Waals surface area (Å²) in [6.45, 7) is 2.27. The lowest BCUT2D eigenvalue weighted by atomic mass is 10.1. The van der Waals surface area contributed by atoms with Gasteiger partial charge in [0, 0.05) is 34.5 Å². The minimum absolute atomic E-state index is 0.0351. The predicted molar refractivity (Wildman–Crippen MR) is 71.1 cm³/mol. The van der Waals surface area contributed by atoms with Crippen LogP contribution in [0.2, 0.25) is 0 Å². The molecule has 2 atom stereocenters. The highest BCUT2D eigenvalue weighted by Gasteiger charge is 2.09. The van der Waals surface area contributed by atoms with Gasteiger partial charge in [-0.2, -0.15) is 0 Å². The van der Waals surface area contributed by atoms with Gasteiger partial charge >= 0.3 is 0 Å². The second-order valence-electron chi connectivity index (χ2n) is 3.99. The van der Waals surface area contributed by atoms with Gasteiger partial charge in [0.25, 0.3) is 0 Å². The summed E-state index contributed by atoms with van der Waals surface area (Å²) in [5.41, 5.74) is 7.18. The van der Waals surface area contributed by atoms with Crippen molar-refractivity contribution >= 4 is 22.4 Å². The number of hydrogen-bond acceptors (Lipinski definition) is 3. The van der Waals surface area contributed by atoms with Gasteiger partial charge in [0.05, 0.1) is 6.42 Å². The molecule has 1 amide bonds. The smallest absolute Gasteiger partial charge is 0.224 e. The Kier molecular flexibility index (Phi) is 5.15.